The third-order valence-corrected chi connectivity index (χ3v) is 7.37. The first-order valence-electron chi connectivity index (χ1n) is 9.67. The van der Waals surface area contributed by atoms with Gasteiger partial charge in [-0.2, -0.15) is 0 Å². The number of aromatic carboxylic acids is 1. The van der Waals surface area contributed by atoms with Crippen molar-refractivity contribution < 1.29 is 15.0 Å². The van der Waals surface area contributed by atoms with Crippen molar-refractivity contribution in [3.05, 3.63) is 27.0 Å². The first kappa shape index (κ1) is 19.6. The van der Waals surface area contributed by atoms with E-state index >= 15 is 0 Å². The maximum atomic E-state index is 11.9. The summed E-state index contributed by atoms with van der Waals surface area (Å²) in [5.41, 5.74) is 2.50. The zero-order chi connectivity index (χ0) is 19.1. The number of carbonyl (C=O) groups is 1. The fraction of sp³-hybridized carbons (Fsp3) is 0.667. The second kappa shape index (κ2) is 7.45. The number of carboxylic acid groups (broad SMARTS) is 1. The van der Waals surface area contributed by atoms with Gasteiger partial charge in [0.25, 0.3) is 0 Å². The van der Waals surface area contributed by atoms with Crippen LogP contribution in [0, 0.1) is 11.8 Å². The van der Waals surface area contributed by atoms with Gasteiger partial charge in [0.15, 0.2) is 0 Å². The van der Waals surface area contributed by atoms with Crippen molar-refractivity contribution in [2.45, 2.75) is 58.5 Å². The lowest BCUT2D eigenvalue weighted by atomic mass is 9.75. The second-order valence-electron chi connectivity index (χ2n) is 8.67. The van der Waals surface area contributed by atoms with Crippen molar-refractivity contribution in [2.75, 3.05) is 20.1 Å². The molecule has 0 spiro atoms. The fourth-order valence-corrected chi connectivity index (χ4v) is 5.32. The Bertz CT molecular complexity index is 705. The third kappa shape index (κ3) is 4.05. The minimum atomic E-state index is -1.01. The van der Waals surface area contributed by atoms with Crippen LogP contribution in [-0.2, 0) is 5.60 Å². The van der Waals surface area contributed by atoms with E-state index in [2.05, 4.69) is 18.9 Å². The Morgan fingerprint density at radius 2 is 1.92 bits per heavy atom. The van der Waals surface area contributed by atoms with Crippen molar-refractivity contribution in [2.24, 2.45) is 11.8 Å². The van der Waals surface area contributed by atoms with Crippen LogP contribution in [0.4, 0.5) is 0 Å². The highest BCUT2D eigenvalue weighted by molar-refractivity contribution is 7.14. The number of rotatable bonds is 4. The molecule has 0 radical (unpaired) electrons. The van der Waals surface area contributed by atoms with E-state index in [1.165, 1.54) is 48.2 Å². The maximum Gasteiger partial charge on any atom is 0.346 e. The first-order chi connectivity index (χ1) is 12.2. The molecule has 3 rings (SSSR count). The van der Waals surface area contributed by atoms with Crippen molar-refractivity contribution >= 4 is 22.9 Å². The number of carboxylic acids is 1. The van der Waals surface area contributed by atoms with E-state index in [-0.39, 0.29) is 0 Å². The van der Waals surface area contributed by atoms with Crippen molar-refractivity contribution in [3.8, 4) is 0 Å². The molecule has 5 heteroatoms. The molecular formula is C21H31NO3S. The molecule has 1 aromatic rings. The minimum Gasteiger partial charge on any atom is -0.477 e. The molecule has 2 heterocycles. The van der Waals surface area contributed by atoms with Crippen LogP contribution in [-0.4, -0.2) is 41.2 Å². The summed E-state index contributed by atoms with van der Waals surface area (Å²) in [6.07, 6.45) is 5.82. The summed E-state index contributed by atoms with van der Waals surface area (Å²) in [5.74, 6) is 0.480. The lowest BCUT2D eigenvalue weighted by molar-refractivity contribution is 0.0701. The molecule has 1 fully saturated rings. The van der Waals surface area contributed by atoms with E-state index in [4.69, 9.17) is 0 Å². The monoisotopic (exact) mass is 377 g/mol. The van der Waals surface area contributed by atoms with E-state index in [1.807, 2.05) is 6.07 Å². The van der Waals surface area contributed by atoms with Crippen molar-refractivity contribution in [1.82, 2.24) is 4.90 Å². The van der Waals surface area contributed by atoms with Crippen molar-refractivity contribution in [3.63, 3.8) is 0 Å². The van der Waals surface area contributed by atoms with Crippen LogP contribution in [0.1, 0.15) is 73.0 Å². The molecule has 1 aromatic heterocycles. The van der Waals surface area contributed by atoms with Crippen LogP contribution in [0.15, 0.2) is 11.6 Å². The van der Waals surface area contributed by atoms with Gasteiger partial charge >= 0.3 is 5.97 Å². The summed E-state index contributed by atoms with van der Waals surface area (Å²) in [5, 5.41) is 20.1. The van der Waals surface area contributed by atoms with E-state index in [9.17, 15) is 15.0 Å². The van der Waals surface area contributed by atoms with E-state index in [0.29, 0.717) is 10.8 Å². The van der Waals surface area contributed by atoms with Crippen LogP contribution in [0.5, 0.6) is 0 Å². The number of hydrogen-bond donors (Lipinski definition) is 2. The molecule has 1 saturated carbocycles. The average molecular weight is 378 g/mol. The van der Waals surface area contributed by atoms with Gasteiger partial charge in [-0.1, -0.05) is 19.8 Å². The Morgan fingerprint density at radius 3 is 2.50 bits per heavy atom. The molecular weight excluding hydrogens is 346 g/mol. The number of hydrogen-bond acceptors (Lipinski definition) is 4. The number of thiophene rings is 1. The zero-order valence-corrected chi connectivity index (χ0v) is 17.2. The van der Waals surface area contributed by atoms with E-state index < -0.39 is 11.6 Å². The van der Waals surface area contributed by atoms with Gasteiger partial charge in [-0.15, -0.1) is 11.3 Å². The smallest absolute Gasteiger partial charge is 0.346 e. The lowest BCUT2D eigenvalue weighted by Crippen LogP contribution is -2.31. The minimum absolute atomic E-state index is 0.378. The largest absolute Gasteiger partial charge is 0.477 e. The summed E-state index contributed by atoms with van der Waals surface area (Å²) in [7, 11) is 2.15. The summed E-state index contributed by atoms with van der Waals surface area (Å²) in [6, 6.07) is 1.93. The number of aliphatic hydroxyl groups is 1. The Hall–Kier alpha value is -1.17. The van der Waals surface area contributed by atoms with Gasteiger partial charge in [0.05, 0.1) is 5.60 Å². The molecule has 0 bridgehead atoms. The van der Waals surface area contributed by atoms with E-state index in [1.54, 1.807) is 13.8 Å². The standard InChI is InChI=1S/C21H31NO3S/c1-13-5-7-14(8-6-13)17-12-22(4)10-9-15(17)16-11-18(21(2,3)25)26-19(16)20(23)24/h11,13-14,25H,5-10,12H2,1-4H3,(H,23,24). The lowest BCUT2D eigenvalue weighted by Gasteiger charge is -2.35. The number of nitrogens with zero attached hydrogens (tertiary/aromatic N) is 1. The Kier molecular flexibility index (Phi) is 5.61. The van der Waals surface area contributed by atoms with E-state index in [0.717, 1.165) is 35.9 Å². The van der Waals surface area contributed by atoms with Crippen molar-refractivity contribution in [1.29, 1.82) is 0 Å². The van der Waals surface area contributed by atoms with Gasteiger partial charge in [0.1, 0.15) is 4.88 Å². The van der Waals surface area contributed by atoms with Gasteiger partial charge in [-0.05, 0) is 69.2 Å². The molecule has 2 N–H and O–H groups in total. The average Bonchev–Trinajstić information content (AvgIpc) is 3.01. The Morgan fingerprint density at radius 1 is 1.27 bits per heavy atom. The molecule has 2 aliphatic rings. The van der Waals surface area contributed by atoms with Gasteiger partial charge in [-0.25, -0.2) is 4.79 Å². The van der Waals surface area contributed by atoms with Gasteiger partial charge in [0, 0.05) is 23.5 Å². The molecule has 144 valence electrons. The summed E-state index contributed by atoms with van der Waals surface area (Å²) < 4.78 is 0. The molecule has 1 aliphatic heterocycles. The van der Waals surface area contributed by atoms with Crippen LogP contribution in [0.3, 0.4) is 0 Å². The molecule has 0 saturated heterocycles. The van der Waals surface area contributed by atoms with Crippen LogP contribution in [0.2, 0.25) is 0 Å². The van der Waals surface area contributed by atoms with Crippen LogP contribution in [0.25, 0.3) is 5.57 Å². The number of likely N-dealkylation sites (N-methyl/N-ethyl adjacent to an activating group) is 1. The normalized spacial score (nSPS) is 25.6. The second-order valence-corrected chi connectivity index (χ2v) is 9.72. The highest BCUT2D eigenvalue weighted by Crippen LogP contribution is 2.43. The first-order valence-corrected chi connectivity index (χ1v) is 10.5. The molecule has 4 nitrogen and oxygen atoms in total. The summed E-state index contributed by atoms with van der Waals surface area (Å²) >= 11 is 1.22. The van der Waals surface area contributed by atoms with Gasteiger partial charge < -0.3 is 15.1 Å². The highest BCUT2D eigenvalue weighted by atomic mass is 32.1. The third-order valence-electron chi connectivity index (χ3n) is 5.93. The predicted octanol–water partition coefficient (Wildman–Crippen LogP) is 4.59. The molecule has 0 atom stereocenters. The topological polar surface area (TPSA) is 60.8 Å². The fourth-order valence-electron chi connectivity index (χ4n) is 4.30. The Balaban J connectivity index is 2.07. The van der Waals surface area contributed by atoms with Gasteiger partial charge in [0.2, 0.25) is 0 Å². The maximum absolute atomic E-state index is 11.9. The summed E-state index contributed by atoms with van der Waals surface area (Å²) in [6.45, 7) is 7.66. The quantitative estimate of drug-likeness (QED) is 0.806. The zero-order valence-electron chi connectivity index (χ0n) is 16.3. The highest BCUT2D eigenvalue weighted by Gasteiger charge is 2.31. The molecule has 0 amide bonds. The predicted molar refractivity (Wildman–Crippen MR) is 107 cm³/mol. The molecule has 0 unspecified atom stereocenters. The molecule has 1 aliphatic carbocycles. The SMILES string of the molecule is CC1CCC(C2=C(c3cc(C(C)(C)O)sc3C(=O)O)CCN(C)C2)CC1. The summed E-state index contributed by atoms with van der Waals surface area (Å²) in [4.78, 5) is 15.3. The molecule has 26 heavy (non-hydrogen) atoms. The molecule has 0 aromatic carbocycles. The van der Waals surface area contributed by atoms with Crippen LogP contribution >= 0.6 is 11.3 Å². The Labute approximate surface area is 160 Å². The van der Waals surface area contributed by atoms with Gasteiger partial charge in [-0.3, -0.25) is 0 Å². The van der Waals surface area contributed by atoms with Crippen LogP contribution < -0.4 is 0 Å².